The van der Waals surface area contributed by atoms with Crippen LogP contribution >= 0.6 is 0 Å². The molecule has 2 aromatic rings. The van der Waals surface area contributed by atoms with E-state index in [2.05, 4.69) is 11.1 Å². The van der Waals surface area contributed by atoms with E-state index in [-0.39, 0.29) is 68.0 Å². The molecule has 0 unspecified atom stereocenters. The Hall–Kier alpha value is -0.921. The molecule has 69 valence electrons. The predicted molar refractivity (Wildman–Crippen MR) is 47.5 cm³/mol. The first kappa shape index (κ1) is 4.54. The van der Waals surface area contributed by atoms with Crippen molar-refractivity contribution in [1.29, 1.82) is 0 Å². The quantitative estimate of drug-likeness (QED) is 0.715. The number of hydrogen-bond acceptors (Lipinski definition) is 1. The molecule has 0 aliphatic rings. The van der Waals surface area contributed by atoms with Crippen molar-refractivity contribution < 1.29 is 28.3 Å². The predicted octanol–water partition coefficient (Wildman–Crippen LogP) is 1.88. The minimum Gasteiger partial charge on any atom is -0.373 e. The van der Waals surface area contributed by atoms with E-state index in [0.717, 1.165) is 0 Å². The molecular weight excluding hydrogens is 340 g/mol. The summed E-state index contributed by atoms with van der Waals surface area (Å²) < 4.78 is 46.5. The van der Waals surface area contributed by atoms with Gasteiger partial charge in [0, 0.05) is 42.2 Å². The van der Waals surface area contributed by atoms with Gasteiger partial charge in [-0.3, -0.25) is 4.98 Å². The Bertz CT molecular complexity index is 640. The second kappa shape index (κ2) is 4.35. The number of imidazole rings is 1. The van der Waals surface area contributed by atoms with Crippen molar-refractivity contribution in [3.05, 3.63) is 42.6 Å². The van der Waals surface area contributed by atoms with Crippen molar-refractivity contribution in [2.75, 3.05) is 0 Å². The fraction of sp³-hybridized carbons (Fsp3) is 0.100. The average Bonchev–Trinajstić information content (AvgIpc) is 2.59. The Morgan fingerprint density at radius 1 is 1.54 bits per heavy atom. The normalized spacial score (nSPS) is 15.8. The second-order valence-electron chi connectivity index (χ2n) is 2.22. The van der Waals surface area contributed by atoms with E-state index in [9.17, 15) is 0 Å². The standard InChI is InChI=1S/C10H9N2.Ir/c1-12-8-7-11-10(12)9-5-3-2-4-6-9;/h2-5,7-8H,1H3;/q-1;/i2D,3D,4D,5D,7D,8D;. The zero-order chi connectivity index (χ0) is 13.6. The molecule has 0 fully saturated rings. The van der Waals surface area contributed by atoms with Gasteiger partial charge < -0.3 is 4.57 Å². The van der Waals surface area contributed by atoms with Crippen molar-refractivity contribution >= 4 is 0 Å². The molecule has 2 rings (SSSR count). The van der Waals surface area contributed by atoms with Crippen LogP contribution < -0.4 is 0 Å². The summed E-state index contributed by atoms with van der Waals surface area (Å²) in [5.41, 5.74) is 0.0653. The topological polar surface area (TPSA) is 17.8 Å². The van der Waals surface area contributed by atoms with Crippen LogP contribution in [0, 0.1) is 6.07 Å². The Labute approximate surface area is 99.4 Å². The van der Waals surface area contributed by atoms with E-state index in [1.165, 1.54) is 11.6 Å². The number of hydrogen-bond donors (Lipinski definition) is 0. The van der Waals surface area contributed by atoms with Crippen LogP contribution in [0.4, 0.5) is 0 Å². The van der Waals surface area contributed by atoms with Crippen LogP contribution in [0.5, 0.6) is 0 Å². The molecule has 0 saturated carbocycles. The molecule has 3 heteroatoms. The van der Waals surface area contributed by atoms with Gasteiger partial charge in [0.1, 0.15) is 0 Å². The third kappa shape index (κ3) is 2.06. The first-order chi connectivity index (χ1) is 8.34. The maximum Gasteiger partial charge on any atom is 0.0846 e. The Morgan fingerprint density at radius 3 is 3.08 bits per heavy atom. The van der Waals surface area contributed by atoms with Gasteiger partial charge >= 0.3 is 0 Å². The van der Waals surface area contributed by atoms with Gasteiger partial charge in [0.15, 0.2) is 0 Å². The van der Waals surface area contributed by atoms with Gasteiger partial charge in [-0.2, -0.15) is 0 Å². The average molecular weight is 355 g/mol. The summed E-state index contributed by atoms with van der Waals surface area (Å²) in [6.45, 7) is 0. The summed E-state index contributed by atoms with van der Waals surface area (Å²) in [4.78, 5) is 3.82. The van der Waals surface area contributed by atoms with E-state index in [0.29, 0.717) is 0 Å². The van der Waals surface area contributed by atoms with Crippen LogP contribution in [-0.2, 0) is 27.2 Å². The molecule has 2 nitrogen and oxygen atoms in total. The van der Waals surface area contributed by atoms with Crippen molar-refractivity contribution in [3.63, 3.8) is 0 Å². The van der Waals surface area contributed by atoms with Gasteiger partial charge in [-0.15, -0.1) is 35.8 Å². The number of aromatic nitrogens is 2. The molecule has 0 atom stereocenters. The van der Waals surface area contributed by atoms with Crippen molar-refractivity contribution in [1.82, 2.24) is 9.55 Å². The van der Waals surface area contributed by atoms with Gasteiger partial charge in [0.05, 0.1) is 8.57 Å². The van der Waals surface area contributed by atoms with Crippen LogP contribution in [0.25, 0.3) is 11.4 Å². The number of nitrogens with zero attached hydrogens (tertiary/aromatic N) is 2. The molecule has 13 heavy (non-hydrogen) atoms. The van der Waals surface area contributed by atoms with E-state index in [1.54, 1.807) is 0 Å². The fourth-order valence-corrected chi connectivity index (χ4v) is 0.866. The molecule has 0 amide bonds. The molecular formula is C10H9IrN2-. The summed E-state index contributed by atoms with van der Waals surface area (Å²) in [7, 11) is 1.51. The van der Waals surface area contributed by atoms with Gasteiger partial charge in [-0.1, -0.05) is 0 Å². The van der Waals surface area contributed by atoms with Crippen LogP contribution in [0.1, 0.15) is 8.22 Å². The van der Waals surface area contributed by atoms with Crippen molar-refractivity contribution in [2.45, 2.75) is 0 Å². The summed E-state index contributed by atoms with van der Waals surface area (Å²) in [5, 5.41) is 0. The van der Waals surface area contributed by atoms with Crippen LogP contribution in [-0.4, -0.2) is 9.55 Å². The van der Waals surface area contributed by atoms with Crippen molar-refractivity contribution in [2.24, 2.45) is 7.05 Å². The van der Waals surface area contributed by atoms with E-state index >= 15 is 0 Å². The molecule has 1 heterocycles. The molecule has 1 aromatic heterocycles. The minimum absolute atomic E-state index is 0. The summed E-state index contributed by atoms with van der Waals surface area (Å²) in [6, 6.07) is 1.19. The van der Waals surface area contributed by atoms with Crippen LogP contribution in [0.2, 0.25) is 0 Å². The number of benzene rings is 1. The van der Waals surface area contributed by atoms with Crippen LogP contribution in [0.3, 0.4) is 0 Å². The third-order valence-electron chi connectivity index (χ3n) is 1.42. The molecule has 0 spiro atoms. The maximum absolute atomic E-state index is 7.75. The first-order valence-electron chi connectivity index (χ1n) is 6.34. The molecule has 0 aliphatic carbocycles. The molecule has 1 radical (unpaired) electrons. The largest absolute Gasteiger partial charge is 0.373 e. The van der Waals surface area contributed by atoms with Crippen LogP contribution in [0.15, 0.2) is 36.5 Å². The Balaban J connectivity index is 0.00000180. The first-order valence-corrected chi connectivity index (χ1v) is 3.34. The summed E-state index contributed by atoms with van der Waals surface area (Å²) >= 11 is 0. The van der Waals surface area contributed by atoms with Gasteiger partial charge in [-0.25, -0.2) is 0 Å². The Morgan fingerprint density at radius 2 is 2.38 bits per heavy atom. The Kier molecular flexibility index (Phi) is 1.52. The maximum atomic E-state index is 7.75. The van der Waals surface area contributed by atoms with E-state index in [4.69, 9.17) is 8.22 Å². The third-order valence-corrected chi connectivity index (χ3v) is 1.42. The molecule has 0 bridgehead atoms. The zero-order valence-electron chi connectivity index (χ0n) is 12.7. The smallest absolute Gasteiger partial charge is 0.0846 e. The molecule has 0 N–H and O–H groups in total. The van der Waals surface area contributed by atoms with E-state index < -0.39 is 0 Å². The van der Waals surface area contributed by atoms with E-state index in [1.807, 2.05) is 0 Å². The van der Waals surface area contributed by atoms with Gasteiger partial charge in [0.2, 0.25) is 0 Å². The van der Waals surface area contributed by atoms with Gasteiger partial charge in [0.25, 0.3) is 0 Å². The fourth-order valence-electron chi connectivity index (χ4n) is 0.866. The monoisotopic (exact) mass is 356 g/mol. The van der Waals surface area contributed by atoms with Crippen molar-refractivity contribution in [3.8, 4) is 11.4 Å². The zero-order valence-corrected chi connectivity index (χ0v) is 9.12. The summed E-state index contributed by atoms with van der Waals surface area (Å²) in [5.74, 6) is 0.136. The SMILES string of the molecule is [2H]c1[c-]c(-c2nc([2H])c([2H])n2C)c([2H])c([2H])c1[2H].[Ir]. The van der Waals surface area contributed by atoms with Gasteiger partial charge in [-0.05, 0) is 2.74 Å². The summed E-state index contributed by atoms with van der Waals surface area (Å²) in [6.07, 6.45) is -0.362. The molecule has 1 aromatic carbocycles. The number of rotatable bonds is 1. The second-order valence-corrected chi connectivity index (χ2v) is 2.22. The minimum atomic E-state index is -0.380. The molecule has 0 saturated heterocycles. The molecule has 0 aliphatic heterocycles.